The van der Waals surface area contributed by atoms with Gasteiger partial charge in [0, 0.05) is 79.7 Å². The number of amidine groups is 1. The van der Waals surface area contributed by atoms with Gasteiger partial charge in [-0.1, -0.05) is 6.58 Å². The van der Waals surface area contributed by atoms with E-state index in [1.807, 2.05) is 19.1 Å². The van der Waals surface area contributed by atoms with Gasteiger partial charge in [0.15, 0.2) is 0 Å². The fourth-order valence-corrected chi connectivity index (χ4v) is 7.28. The molecule has 3 heterocycles. The fraction of sp³-hybridized carbons (Fsp3) is 0.467. The van der Waals surface area contributed by atoms with Crippen LogP contribution in [-0.2, 0) is 21.4 Å². The Morgan fingerprint density at radius 2 is 1.68 bits per heavy atom. The largest absolute Gasteiger partial charge is 0.389 e. The second-order valence-corrected chi connectivity index (χ2v) is 12.4. The van der Waals surface area contributed by atoms with E-state index in [1.165, 1.54) is 17.4 Å². The average Bonchev–Trinajstić information content (AvgIpc) is 3.33. The minimum Gasteiger partial charge on any atom is -0.389 e. The molecule has 1 aromatic carbocycles. The molecule has 4 N–H and O–H groups in total. The molecular weight excluding hydrogens is 536 g/mol. The first-order chi connectivity index (χ1) is 19.6. The summed E-state index contributed by atoms with van der Waals surface area (Å²) in [6.45, 7) is 11.7. The number of nitrogens with two attached hydrogens (primary N) is 2. The van der Waals surface area contributed by atoms with Crippen molar-refractivity contribution in [2.75, 3.05) is 74.9 Å². The number of nitrogens with zero attached hydrogens (tertiary/aromatic N) is 6. The lowest BCUT2D eigenvalue weighted by Crippen LogP contribution is -2.48. The number of thiophene rings is 1. The molecule has 216 valence electrons. The number of hydrogen-bond acceptors (Lipinski definition) is 8. The second-order valence-electron chi connectivity index (χ2n) is 11.3. The molecule has 2 aromatic rings. The molecule has 11 heteroatoms. The van der Waals surface area contributed by atoms with Crippen LogP contribution in [0.15, 0.2) is 35.8 Å². The molecule has 0 bridgehead atoms. The van der Waals surface area contributed by atoms with Crippen LogP contribution in [0.5, 0.6) is 0 Å². The molecule has 3 aliphatic rings. The number of aryl methyl sites for hydroxylation is 1. The molecule has 1 unspecified atom stereocenters. The van der Waals surface area contributed by atoms with Crippen molar-refractivity contribution in [2.45, 2.75) is 31.6 Å². The number of nitrogen functional groups attached to an aromatic ring is 1. The van der Waals surface area contributed by atoms with Gasteiger partial charge in [0.2, 0.25) is 5.91 Å². The lowest BCUT2D eigenvalue weighted by Gasteiger charge is -2.37. The number of benzene rings is 1. The molecule has 1 aliphatic carbocycles. The molecule has 2 amide bonds. The summed E-state index contributed by atoms with van der Waals surface area (Å²) in [6, 6.07) is 8.37. The minimum atomic E-state index is -0.955. The first-order valence-electron chi connectivity index (χ1n) is 14.1. The molecule has 2 aliphatic heterocycles. The van der Waals surface area contributed by atoms with Crippen molar-refractivity contribution < 1.29 is 9.59 Å². The van der Waals surface area contributed by atoms with Crippen molar-refractivity contribution in [2.24, 2.45) is 10.7 Å². The van der Waals surface area contributed by atoms with E-state index in [0.717, 1.165) is 55.3 Å². The first kappa shape index (κ1) is 28.6. The van der Waals surface area contributed by atoms with Gasteiger partial charge in [-0.3, -0.25) is 9.59 Å². The number of anilines is 3. The van der Waals surface area contributed by atoms with Gasteiger partial charge in [0.25, 0.3) is 5.91 Å². The Morgan fingerprint density at radius 3 is 2.27 bits per heavy atom. The first-order valence-corrected chi connectivity index (χ1v) is 14.9. The van der Waals surface area contributed by atoms with Crippen LogP contribution in [0.4, 0.5) is 16.4 Å². The molecule has 2 saturated heterocycles. The smallest absolute Gasteiger partial charge is 0.258 e. The van der Waals surface area contributed by atoms with Crippen LogP contribution in [0.25, 0.3) is 0 Å². The van der Waals surface area contributed by atoms with Crippen LogP contribution >= 0.6 is 11.3 Å². The topological polar surface area (TPSA) is 135 Å². The average molecular weight is 575 g/mol. The number of fused-ring (bicyclic) bond motifs is 1. The summed E-state index contributed by atoms with van der Waals surface area (Å²) in [5, 5.41) is 10.2. The van der Waals surface area contributed by atoms with Crippen LogP contribution < -0.4 is 21.3 Å². The van der Waals surface area contributed by atoms with Crippen molar-refractivity contribution in [3.63, 3.8) is 0 Å². The third-order valence-electron chi connectivity index (χ3n) is 8.64. The summed E-state index contributed by atoms with van der Waals surface area (Å²) in [6.07, 6.45) is 3.56. The third-order valence-corrected chi connectivity index (χ3v) is 9.72. The fourth-order valence-electron chi connectivity index (χ4n) is 6.09. The van der Waals surface area contributed by atoms with Crippen molar-refractivity contribution in [3.8, 4) is 6.07 Å². The standard InChI is InChI=1S/C30H38N8O2S/c1-4-25(39)38-14-12-37(13-15-38)22-17-20(16-21(18-22)36-10-8-35(3)9-11-36)27(32)34-29(40)30(2)7-5-6-24-26(30)23(19-31)28(33)41-24/h4,16-18H,1,5-15,33H2,2-3H3,(H2,32,34,40). The summed E-state index contributed by atoms with van der Waals surface area (Å²) >= 11 is 1.39. The number of likely N-dealkylation sites (N-methyl/N-ethyl adjacent to an activating group) is 1. The Morgan fingerprint density at radius 1 is 1.07 bits per heavy atom. The molecule has 1 aromatic heterocycles. The molecule has 0 saturated carbocycles. The van der Waals surface area contributed by atoms with Gasteiger partial charge in [-0.25, -0.2) is 0 Å². The monoisotopic (exact) mass is 574 g/mol. The molecule has 41 heavy (non-hydrogen) atoms. The maximum absolute atomic E-state index is 13.8. The van der Waals surface area contributed by atoms with E-state index in [4.69, 9.17) is 11.5 Å². The number of aliphatic imine (C=N–C) groups is 1. The summed E-state index contributed by atoms with van der Waals surface area (Å²) in [4.78, 5) is 40.0. The lowest BCUT2D eigenvalue weighted by atomic mass is 9.72. The SMILES string of the molecule is C=CC(=O)N1CCN(c2cc(C(N)=NC(=O)C3(C)CCCc4sc(N)c(C#N)c43)cc(N3CCN(C)CC3)c2)CC1. The van der Waals surface area contributed by atoms with Crippen LogP contribution in [0.1, 0.15) is 41.3 Å². The molecule has 0 radical (unpaired) electrons. The van der Waals surface area contributed by atoms with Crippen LogP contribution in [0, 0.1) is 11.3 Å². The van der Waals surface area contributed by atoms with Crippen LogP contribution in [-0.4, -0.2) is 86.9 Å². The molecule has 10 nitrogen and oxygen atoms in total. The zero-order valence-electron chi connectivity index (χ0n) is 23.9. The van der Waals surface area contributed by atoms with E-state index in [2.05, 4.69) is 45.5 Å². The Hall–Kier alpha value is -3.88. The normalized spacial score (nSPS) is 21.8. The predicted molar refractivity (Wildman–Crippen MR) is 165 cm³/mol. The van der Waals surface area contributed by atoms with Crippen molar-refractivity contribution in [1.29, 1.82) is 5.26 Å². The van der Waals surface area contributed by atoms with Gasteiger partial charge >= 0.3 is 0 Å². The molecule has 2 fully saturated rings. The minimum absolute atomic E-state index is 0.0577. The van der Waals surface area contributed by atoms with Crippen LogP contribution in [0.2, 0.25) is 0 Å². The zero-order valence-corrected chi connectivity index (χ0v) is 24.7. The van der Waals surface area contributed by atoms with Crippen molar-refractivity contribution in [1.82, 2.24) is 9.80 Å². The Labute approximate surface area is 245 Å². The summed E-state index contributed by atoms with van der Waals surface area (Å²) in [5.41, 5.74) is 15.6. The van der Waals surface area contributed by atoms with Crippen molar-refractivity contribution in [3.05, 3.63) is 52.4 Å². The van der Waals surface area contributed by atoms with Gasteiger partial charge in [-0.15, -0.1) is 11.3 Å². The molecule has 5 rings (SSSR count). The maximum Gasteiger partial charge on any atom is 0.258 e. The van der Waals surface area contributed by atoms with Crippen molar-refractivity contribution >= 4 is 45.4 Å². The quantitative estimate of drug-likeness (QED) is 0.316. The van der Waals surface area contributed by atoms with E-state index in [1.54, 1.807) is 4.90 Å². The molecule has 1 atom stereocenters. The molecule has 0 spiro atoms. The van der Waals surface area contributed by atoms with E-state index in [9.17, 15) is 14.9 Å². The highest BCUT2D eigenvalue weighted by atomic mass is 32.1. The van der Waals surface area contributed by atoms with Crippen LogP contribution in [0.3, 0.4) is 0 Å². The van der Waals surface area contributed by atoms with E-state index >= 15 is 0 Å². The highest BCUT2D eigenvalue weighted by Gasteiger charge is 2.43. The second kappa shape index (κ2) is 11.5. The van der Waals surface area contributed by atoms with Gasteiger partial charge < -0.3 is 31.1 Å². The number of piperazine rings is 2. The summed E-state index contributed by atoms with van der Waals surface area (Å²) in [5.74, 6) is -0.256. The van der Waals surface area contributed by atoms with E-state index < -0.39 is 5.41 Å². The van der Waals surface area contributed by atoms with E-state index in [-0.39, 0.29) is 17.6 Å². The van der Waals surface area contributed by atoms with Gasteiger partial charge in [0.05, 0.1) is 11.0 Å². The summed E-state index contributed by atoms with van der Waals surface area (Å²) in [7, 11) is 2.12. The number of nitriles is 1. The number of carbonyl (C=O) groups is 2. The zero-order chi connectivity index (χ0) is 29.3. The van der Waals surface area contributed by atoms with Gasteiger partial charge in [0.1, 0.15) is 16.9 Å². The number of hydrogen-bond donors (Lipinski definition) is 2. The number of rotatable bonds is 5. The Balaban J connectivity index is 1.48. The maximum atomic E-state index is 13.8. The number of amides is 2. The van der Waals surface area contributed by atoms with E-state index in [0.29, 0.717) is 54.3 Å². The lowest BCUT2D eigenvalue weighted by molar-refractivity contribution is -0.126. The van der Waals surface area contributed by atoms with Gasteiger partial charge in [-0.2, -0.15) is 10.3 Å². The molecular formula is C30H38N8O2S. The predicted octanol–water partition coefficient (Wildman–Crippen LogP) is 2.31. The third kappa shape index (κ3) is 5.54. The summed E-state index contributed by atoms with van der Waals surface area (Å²) < 4.78 is 0. The highest BCUT2D eigenvalue weighted by molar-refractivity contribution is 7.16. The Bertz CT molecular complexity index is 1430. The van der Waals surface area contributed by atoms with Gasteiger partial charge in [-0.05, 0) is 57.5 Å². The number of carbonyl (C=O) groups excluding carboxylic acids is 2. The highest BCUT2D eigenvalue weighted by Crippen LogP contribution is 2.46. The Kier molecular flexibility index (Phi) is 8.07.